The molecule has 3 aromatic rings. The molecule has 0 unspecified atom stereocenters. The third kappa shape index (κ3) is 4.08. The predicted molar refractivity (Wildman–Crippen MR) is 110 cm³/mol. The van der Waals surface area contributed by atoms with Crippen LogP contribution in [0.4, 0.5) is 5.69 Å². The predicted octanol–water partition coefficient (Wildman–Crippen LogP) is 3.74. The number of carbonyl (C=O) groups excluding carboxylic acids is 2. The molecule has 150 valence electrons. The molecule has 0 bridgehead atoms. The molecule has 1 N–H and O–H groups in total. The molecule has 0 aliphatic carbocycles. The summed E-state index contributed by atoms with van der Waals surface area (Å²) >= 11 is 1.40. The van der Waals surface area contributed by atoms with Crippen molar-refractivity contribution in [1.82, 2.24) is 9.88 Å². The largest absolute Gasteiger partial charge is 0.462 e. The van der Waals surface area contributed by atoms with Gasteiger partial charge < -0.3 is 19.4 Å². The number of aromatic nitrogens is 1. The molecule has 29 heavy (non-hydrogen) atoms. The van der Waals surface area contributed by atoms with E-state index in [9.17, 15) is 9.59 Å². The lowest BCUT2D eigenvalue weighted by Crippen LogP contribution is -2.40. The molecular weight excluding hydrogens is 390 g/mol. The number of anilines is 1. The van der Waals surface area contributed by atoms with Crippen molar-refractivity contribution in [3.8, 4) is 10.8 Å². The number of nitrogens with zero attached hydrogens (tertiary/aromatic N) is 2. The first-order valence-corrected chi connectivity index (χ1v) is 10.1. The lowest BCUT2D eigenvalue weighted by atomic mass is 10.1. The third-order valence-electron chi connectivity index (χ3n) is 4.77. The SMILES string of the molecule is Cc1ccc(C(=O)N2CCOCC2)cc1NC(=O)c1nc(-c2ccco2)sc1C. The number of nitrogens with one attached hydrogen (secondary N) is 1. The Labute approximate surface area is 172 Å². The van der Waals surface area contributed by atoms with Gasteiger partial charge in [-0.3, -0.25) is 9.59 Å². The Bertz CT molecular complexity index is 1040. The van der Waals surface area contributed by atoms with Gasteiger partial charge in [-0.05, 0) is 43.7 Å². The fourth-order valence-corrected chi connectivity index (χ4v) is 4.01. The van der Waals surface area contributed by atoms with Crippen LogP contribution in [-0.2, 0) is 4.74 Å². The van der Waals surface area contributed by atoms with Gasteiger partial charge in [0.15, 0.2) is 10.8 Å². The van der Waals surface area contributed by atoms with Gasteiger partial charge in [-0.1, -0.05) is 6.07 Å². The minimum Gasteiger partial charge on any atom is -0.462 e. The summed E-state index contributed by atoms with van der Waals surface area (Å²) in [7, 11) is 0. The summed E-state index contributed by atoms with van der Waals surface area (Å²) in [5, 5.41) is 3.56. The van der Waals surface area contributed by atoms with Gasteiger partial charge in [0, 0.05) is 29.2 Å². The van der Waals surface area contributed by atoms with Crippen molar-refractivity contribution in [1.29, 1.82) is 0 Å². The van der Waals surface area contributed by atoms with Crippen LogP contribution >= 0.6 is 11.3 Å². The van der Waals surface area contributed by atoms with Crippen molar-refractivity contribution in [3.63, 3.8) is 0 Å². The van der Waals surface area contributed by atoms with E-state index in [0.717, 1.165) is 10.4 Å². The lowest BCUT2D eigenvalue weighted by molar-refractivity contribution is 0.0303. The quantitative estimate of drug-likeness (QED) is 0.707. The zero-order chi connectivity index (χ0) is 20.4. The number of hydrogen-bond donors (Lipinski definition) is 1. The topological polar surface area (TPSA) is 84.7 Å². The average Bonchev–Trinajstić information content (AvgIpc) is 3.39. The fourth-order valence-electron chi connectivity index (χ4n) is 3.13. The normalized spacial score (nSPS) is 14.1. The molecule has 3 heterocycles. The number of aryl methyl sites for hydroxylation is 2. The molecule has 1 fully saturated rings. The van der Waals surface area contributed by atoms with Crippen molar-refractivity contribution in [3.05, 3.63) is 58.3 Å². The Hall–Kier alpha value is -2.97. The first-order chi connectivity index (χ1) is 14.0. The molecule has 1 aliphatic rings. The van der Waals surface area contributed by atoms with Gasteiger partial charge in [0.05, 0.1) is 19.5 Å². The van der Waals surface area contributed by atoms with Crippen LogP contribution in [0.3, 0.4) is 0 Å². The van der Waals surface area contributed by atoms with E-state index < -0.39 is 0 Å². The van der Waals surface area contributed by atoms with Crippen LogP contribution in [0.5, 0.6) is 0 Å². The van der Waals surface area contributed by atoms with Crippen LogP contribution in [-0.4, -0.2) is 48.0 Å². The van der Waals surface area contributed by atoms with E-state index in [-0.39, 0.29) is 11.8 Å². The van der Waals surface area contributed by atoms with Gasteiger partial charge in [-0.2, -0.15) is 0 Å². The molecule has 2 amide bonds. The lowest BCUT2D eigenvalue weighted by Gasteiger charge is -2.27. The summed E-state index contributed by atoms with van der Waals surface area (Å²) in [4.78, 5) is 32.6. The number of ether oxygens (including phenoxy) is 1. The van der Waals surface area contributed by atoms with E-state index in [0.29, 0.717) is 54.0 Å². The molecule has 1 aromatic carbocycles. The van der Waals surface area contributed by atoms with Gasteiger partial charge in [-0.15, -0.1) is 11.3 Å². The van der Waals surface area contributed by atoms with Crippen molar-refractivity contribution >= 4 is 28.8 Å². The highest BCUT2D eigenvalue weighted by Gasteiger charge is 2.21. The number of furan rings is 1. The summed E-state index contributed by atoms with van der Waals surface area (Å²) in [5.74, 6) is 0.260. The van der Waals surface area contributed by atoms with Gasteiger partial charge >= 0.3 is 0 Å². The fraction of sp³-hybridized carbons (Fsp3) is 0.286. The van der Waals surface area contributed by atoms with E-state index in [1.54, 1.807) is 29.4 Å². The molecule has 1 saturated heterocycles. The number of benzene rings is 1. The number of hydrogen-bond acceptors (Lipinski definition) is 6. The smallest absolute Gasteiger partial charge is 0.275 e. The highest BCUT2D eigenvalue weighted by molar-refractivity contribution is 7.15. The van der Waals surface area contributed by atoms with Crippen molar-refractivity contribution in [2.75, 3.05) is 31.6 Å². The Morgan fingerprint density at radius 3 is 2.69 bits per heavy atom. The van der Waals surface area contributed by atoms with Crippen molar-refractivity contribution in [2.24, 2.45) is 0 Å². The Morgan fingerprint density at radius 2 is 1.97 bits per heavy atom. The van der Waals surface area contributed by atoms with Gasteiger partial charge in [0.1, 0.15) is 5.69 Å². The van der Waals surface area contributed by atoms with Gasteiger partial charge in [0.2, 0.25) is 0 Å². The second-order valence-electron chi connectivity index (χ2n) is 6.79. The summed E-state index contributed by atoms with van der Waals surface area (Å²) in [6.45, 7) is 5.97. The molecule has 0 spiro atoms. The van der Waals surface area contributed by atoms with Crippen molar-refractivity contribution in [2.45, 2.75) is 13.8 Å². The maximum atomic E-state index is 12.8. The number of morpholine rings is 1. The van der Waals surface area contributed by atoms with Crippen molar-refractivity contribution < 1.29 is 18.7 Å². The Morgan fingerprint density at radius 1 is 1.17 bits per heavy atom. The zero-order valence-electron chi connectivity index (χ0n) is 16.2. The van der Waals surface area contributed by atoms with Gasteiger partial charge in [-0.25, -0.2) is 4.98 Å². The van der Waals surface area contributed by atoms with Gasteiger partial charge in [0.25, 0.3) is 11.8 Å². The van der Waals surface area contributed by atoms with E-state index in [1.807, 2.05) is 26.0 Å². The summed E-state index contributed by atoms with van der Waals surface area (Å²) in [6.07, 6.45) is 1.58. The first kappa shape index (κ1) is 19.4. The minimum absolute atomic E-state index is 0.0613. The molecule has 0 saturated carbocycles. The molecule has 0 atom stereocenters. The van der Waals surface area contributed by atoms with E-state index in [4.69, 9.17) is 9.15 Å². The van der Waals surface area contributed by atoms with Crippen LogP contribution in [0.15, 0.2) is 41.0 Å². The van der Waals surface area contributed by atoms with Crippen LogP contribution in [0.25, 0.3) is 10.8 Å². The third-order valence-corrected chi connectivity index (χ3v) is 5.76. The standard InChI is InChI=1S/C21H21N3O4S/c1-13-5-6-15(21(26)24-7-10-27-11-8-24)12-16(13)22-19(25)18-14(2)29-20(23-18)17-4-3-9-28-17/h3-6,9,12H,7-8,10-11H2,1-2H3,(H,22,25). The van der Waals surface area contributed by atoms with Crippen LogP contribution in [0.1, 0.15) is 31.3 Å². The Kier molecular flexibility index (Phi) is 5.46. The van der Waals surface area contributed by atoms with Crippen LogP contribution in [0.2, 0.25) is 0 Å². The zero-order valence-corrected chi connectivity index (χ0v) is 17.0. The molecule has 1 aliphatic heterocycles. The second kappa shape index (κ2) is 8.18. The number of thiazole rings is 1. The molecule has 0 radical (unpaired) electrons. The number of amides is 2. The monoisotopic (exact) mass is 411 g/mol. The minimum atomic E-state index is -0.310. The highest BCUT2D eigenvalue weighted by atomic mass is 32.1. The summed E-state index contributed by atoms with van der Waals surface area (Å²) < 4.78 is 10.7. The summed E-state index contributed by atoms with van der Waals surface area (Å²) in [6, 6.07) is 8.94. The number of carbonyl (C=O) groups is 2. The van der Waals surface area contributed by atoms with Crippen LogP contribution < -0.4 is 5.32 Å². The Balaban J connectivity index is 1.54. The highest BCUT2D eigenvalue weighted by Crippen LogP contribution is 2.29. The molecule has 8 heteroatoms. The molecule has 7 nitrogen and oxygen atoms in total. The first-order valence-electron chi connectivity index (χ1n) is 9.33. The van der Waals surface area contributed by atoms with E-state index >= 15 is 0 Å². The summed E-state index contributed by atoms with van der Waals surface area (Å²) in [5.41, 5.74) is 2.36. The maximum absolute atomic E-state index is 12.8. The average molecular weight is 411 g/mol. The second-order valence-corrected chi connectivity index (χ2v) is 7.99. The molecule has 2 aromatic heterocycles. The number of rotatable bonds is 4. The molecule has 4 rings (SSSR count). The molecular formula is C21H21N3O4S. The maximum Gasteiger partial charge on any atom is 0.275 e. The van der Waals surface area contributed by atoms with E-state index in [1.165, 1.54) is 11.3 Å². The van der Waals surface area contributed by atoms with Crippen LogP contribution in [0, 0.1) is 13.8 Å². The van der Waals surface area contributed by atoms with E-state index in [2.05, 4.69) is 10.3 Å².